The van der Waals surface area contributed by atoms with Gasteiger partial charge in [-0.3, -0.25) is 4.79 Å². The zero-order valence-electron chi connectivity index (χ0n) is 19.0. The highest BCUT2D eigenvalue weighted by atomic mass is 16.3. The van der Waals surface area contributed by atoms with E-state index in [0.717, 1.165) is 16.7 Å². The van der Waals surface area contributed by atoms with Crippen molar-refractivity contribution in [3.05, 3.63) is 107 Å². The van der Waals surface area contributed by atoms with Crippen LogP contribution in [0.5, 0.6) is 0 Å². The summed E-state index contributed by atoms with van der Waals surface area (Å²) in [5.74, 6) is 0.846. The van der Waals surface area contributed by atoms with E-state index in [1.54, 1.807) is 16.8 Å². The highest BCUT2D eigenvalue weighted by Crippen LogP contribution is 2.32. The van der Waals surface area contributed by atoms with Crippen molar-refractivity contribution in [3.63, 3.8) is 0 Å². The van der Waals surface area contributed by atoms with Crippen molar-refractivity contribution in [2.75, 3.05) is 5.73 Å². The topological polar surface area (TPSA) is 99.8 Å². The van der Waals surface area contributed by atoms with Gasteiger partial charge in [-0.05, 0) is 30.7 Å². The van der Waals surface area contributed by atoms with E-state index in [1.807, 2.05) is 73.7 Å². The molecule has 0 spiro atoms. The van der Waals surface area contributed by atoms with Crippen LogP contribution < -0.4 is 11.2 Å². The highest BCUT2D eigenvalue weighted by Gasteiger charge is 2.21. The monoisotopic (exact) mass is 459 g/mol. The quantitative estimate of drug-likeness (QED) is 0.389. The lowest BCUT2D eigenvalue weighted by Gasteiger charge is -2.11. The number of aromatic nitrogens is 4. The van der Waals surface area contributed by atoms with E-state index in [2.05, 4.69) is 9.97 Å². The van der Waals surface area contributed by atoms with Gasteiger partial charge in [0.2, 0.25) is 5.43 Å². The number of hydrogen-bond donors (Lipinski definition) is 1. The summed E-state index contributed by atoms with van der Waals surface area (Å²) >= 11 is 0. The van der Waals surface area contributed by atoms with Crippen molar-refractivity contribution in [2.45, 2.75) is 13.5 Å². The van der Waals surface area contributed by atoms with Crippen LogP contribution in [0, 0.1) is 6.92 Å². The van der Waals surface area contributed by atoms with Crippen LogP contribution in [-0.2, 0) is 6.54 Å². The average molecular weight is 460 g/mol. The molecule has 3 heterocycles. The number of para-hydroxylation sites is 1. The Morgan fingerprint density at radius 1 is 0.914 bits per heavy atom. The molecule has 0 fully saturated rings. The van der Waals surface area contributed by atoms with E-state index in [1.165, 1.54) is 6.33 Å². The van der Waals surface area contributed by atoms with Crippen LogP contribution in [0.2, 0.25) is 0 Å². The molecule has 3 aromatic carbocycles. The molecule has 0 atom stereocenters. The molecule has 0 amide bonds. The van der Waals surface area contributed by atoms with Crippen LogP contribution in [0.25, 0.3) is 44.4 Å². The highest BCUT2D eigenvalue weighted by molar-refractivity contribution is 5.98. The Labute approximate surface area is 200 Å². The number of anilines is 1. The number of nitrogens with two attached hydrogens (primary N) is 1. The molecule has 170 valence electrons. The fourth-order valence-corrected chi connectivity index (χ4v) is 4.47. The Morgan fingerprint density at radius 2 is 1.69 bits per heavy atom. The lowest BCUT2D eigenvalue weighted by atomic mass is 10.0. The standard InChI is InChI=1S/C28H21N5O2/c1-17-8-7-11-19(14-17)25-24-27(29)30-16-31-28(24)33(32-25)15-22-23(18-9-3-2-4-10-18)26(34)20-12-5-6-13-21(20)35-22/h2-14,16H,15H2,1H3,(H2,29,30,31). The summed E-state index contributed by atoms with van der Waals surface area (Å²) in [4.78, 5) is 22.3. The second-order valence-electron chi connectivity index (χ2n) is 8.42. The lowest BCUT2D eigenvalue weighted by Crippen LogP contribution is -2.12. The number of fused-ring (bicyclic) bond motifs is 2. The summed E-state index contributed by atoms with van der Waals surface area (Å²) in [6.07, 6.45) is 1.42. The molecular formula is C28H21N5O2. The van der Waals surface area contributed by atoms with Gasteiger partial charge < -0.3 is 10.2 Å². The minimum absolute atomic E-state index is 0.0856. The first-order valence-electron chi connectivity index (χ1n) is 11.2. The smallest absolute Gasteiger partial charge is 0.200 e. The van der Waals surface area contributed by atoms with Gasteiger partial charge in [0, 0.05) is 5.56 Å². The normalized spacial score (nSPS) is 11.3. The number of rotatable bonds is 4. The Hall–Kier alpha value is -4.78. The maximum atomic E-state index is 13.6. The molecule has 0 saturated heterocycles. The molecule has 0 saturated carbocycles. The predicted molar refractivity (Wildman–Crippen MR) is 137 cm³/mol. The van der Waals surface area contributed by atoms with Crippen LogP contribution in [-0.4, -0.2) is 19.7 Å². The third-order valence-corrected chi connectivity index (χ3v) is 6.08. The zero-order valence-corrected chi connectivity index (χ0v) is 19.0. The van der Waals surface area contributed by atoms with E-state index in [9.17, 15) is 4.79 Å². The van der Waals surface area contributed by atoms with Crippen LogP contribution in [0.3, 0.4) is 0 Å². The molecule has 6 rings (SSSR count). The number of nitrogens with zero attached hydrogens (tertiary/aromatic N) is 4. The van der Waals surface area contributed by atoms with Gasteiger partial charge >= 0.3 is 0 Å². The second-order valence-corrected chi connectivity index (χ2v) is 8.42. The van der Waals surface area contributed by atoms with Gasteiger partial charge in [0.25, 0.3) is 0 Å². The largest absolute Gasteiger partial charge is 0.458 e. The third-order valence-electron chi connectivity index (χ3n) is 6.08. The first kappa shape index (κ1) is 20.8. The van der Waals surface area contributed by atoms with Crippen LogP contribution >= 0.6 is 0 Å². The minimum atomic E-state index is -0.0856. The molecule has 6 aromatic rings. The maximum Gasteiger partial charge on any atom is 0.200 e. The van der Waals surface area contributed by atoms with E-state index in [-0.39, 0.29) is 12.0 Å². The van der Waals surface area contributed by atoms with Gasteiger partial charge in [0.15, 0.2) is 5.65 Å². The van der Waals surface area contributed by atoms with Crippen LogP contribution in [0.4, 0.5) is 5.82 Å². The van der Waals surface area contributed by atoms with E-state index in [0.29, 0.717) is 44.8 Å². The molecule has 0 aliphatic rings. The maximum absolute atomic E-state index is 13.6. The van der Waals surface area contributed by atoms with Crippen LogP contribution in [0.15, 0.2) is 94.4 Å². The minimum Gasteiger partial charge on any atom is -0.458 e. The number of hydrogen-bond acceptors (Lipinski definition) is 6. The second kappa shape index (κ2) is 8.22. The van der Waals surface area contributed by atoms with Gasteiger partial charge in [0.05, 0.1) is 16.3 Å². The molecule has 0 aliphatic carbocycles. The summed E-state index contributed by atoms with van der Waals surface area (Å²) in [6.45, 7) is 2.22. The summed E-state index contributed by atoms with van der Waals surface area (Å²) < 4.78 is 8.04. The summed E-state index contributed by atoms with van der Waals surface area (Å²) in [5.41, 5.74) is 11.3. The fraction of sp³-hybridized carbons (Fsp3) is 0.0714. The molecular weight excluding hydrogens is 438 g/mol. The summed E-state index contributed by atoms with van der Waals surface area (Å²) in [7, 11) is 0. The van der Waals surface area contributed by atoms with Crippen LogP contribution in [0.1, 0.15) is 11.3 Å². The predicted octanol–water partition coefficient (Wildman–Crippen LogP) is 5.21. The molecule has 35 heavy (non-hydrogen) atoms. The average Bonchev–Trinajstić information content (AvgIpc) is 3.24. The van der Waals surface area contributed by atoms with Crippen molar-refractivity contribution in [1.29, 1.82) is 0 Å². The molecule has 0 bridgehead atoms. The van der Waals surface area contributed by atoms with Gasteiger partial charge in [-0.15, -0.1) is 0 Å². The third kappa shape index (κ3) is 3.54. The van der Waals surface area contributed by atoms with Crippen molar-refractivity contribution in [3.8, 4) is 22.4 Å². The Morgan fingerprint density at radius 3 is 2.51 bits per heavy atom. The van der Waals surface area contributed by atoms with Gasteiger partial charge in [-0.2, -0.15) is 5.10 Å². The first-order valence-corrected chi connectivity index (χ1v) is 11.2. The Balaban J connectivity index is 1.60. The van der Waals surface area contributed by atoms with E-state index >= 15 is 0 Å². The van der Waals surface area contributed by atoms with Gasteiger partial charge in [0.1, 0.15) is 35.7 Å². The molecule has 7 nitrogen and oxygen atoms in total. The molecule has 7 heteroatoms. The zero-order chi connectivity index (χ0) is 23.9. The summed E-state index contributed by atoms with van der Waals surface area (Å²) in [5, 5.41) is 6.08. The SMILES string of the molecule is Cc1cccc(-c2nn(Cc3oc4ccccc4c(=O)c3-c3ccccc3)c3ncnc(N)c23)c1. The Kier molecular flexibility index (Phi) is 4.88. The molecule has 0 radical (unpaired) electrons. The number of nitrogen functional groups attached to an aromatic ring is 1. The summed E-state index contributed by atoms with van der Waals surface area (Å²) in [6, 6.07) is 24.8. The van der Waals surface area contributed by atoms with Gasteiger partial charge in [-0.25, -0.2) is 14.6 Å². The molecule has 0 aliphatic heterocycles. The number of aryl methyl sites for hydroxylation is 1. The van der Waals surface area contributed by atoms with Gasteiger partial charge in [-0.1, -0.05) is 66.2 Å². The molecule has 2 N–H and O–H groups in total. The van der Waals surface area contributed by atoms with E-state index < -0.39 is 0 Å². The fourth-order valence-electron chi connectivity index (χ4n) is 4.47. The van der Waals surface area contributed by atoms with Crippen molar-refractivity contribution < 1.29 is 4.42 Å². The first-order chi connectivity index (χ1) is 17.1. The van der Waals surface area contributed by atoms with Crippen molar-refractivity contribution >= 4 is 27.8 Å². The molecule has 3 aromatic heterocycles. The van der Waals surface area contributed by atoms with E-state index in [4.69, 9.17) is 15.2 Å². The van der Waals surface area contributed by atoms with Crippen molar-refractivity contribution in [2.24, 2.45) is 0 Å². The lowest BCUT2D eigenvalue weighted by molar-refractivity contribution is 0.506. The van der Waals surface area contributed by atoms with Crippen molar-refractivity contribution in [1.82, 2.24) is 19.7 Å². The number of benzene rings is 3. The Bertz CT molecular complexity index is 1770. The molecule has 0 unspecified atom stereocenters.